The van der Waals surface area contributed by atoms with Gasteiger partial charge in [-0.15, -0.1) is 0 Å². The molecule has 0 atom stereocenters. The van der Waals surface area contributed by atoms with E-state index < -0.39 is 0 Å². The van der Waals surface area contributed by atoms with Gasteiger partial charge in [0.2, 0.25) is 0 Å². The van der Waals surface area contributed by atoms with Crippen LogP contribution in [0.5, 0.6) is 0 Å². The molecule has 1 aliphatic carbocycles. The molecule has 0 aromatic heterocycles. The molecule has 0 N–H and O–H groups in total. The van der Waals surface area contributed by atoms with E-state index >= 15 is 0 Å². The first-order valence-corrected chi connectivity index (χ1v) is 10.2. The second kappa shape index (κ2) is 9.30. The van der Waals surface area contributed by atoms with Gasteiger partial charge >= 0.3 is 0 Å². The van der Waals surface area contributed by atoms with Crippen LogP contribution in [-0.4, -0.2) is 0 Å². The summed E-state index contributed by atoms with van der Waals surface area (Å²) >= 11 is 0. The van der Waals surface area contributed by atoms with E-state index in [0.717, 1.165) is 30.2 Å². The zero-order chi connectivity index (χ0) is 18.4. The van der Waals surface area contributed by atoms with Crippen molar-refractivity contribution in [3.63, 3.8) is 0 Å². The van der Waals surface area contributed by atoms with E-state index in [9.17, 15) is 8.78 Å². The highest BCUT2D eigenvalue weighted by Crippen LogP contribution is 2.34. The lowest BCUT2D eigenvalue weighted by molar-refractivity contribution is 0.250. The summed E-state index contributed by atoms with van der Waals surface area (Å²) in [7, 11) is 0. The van der Waals surface area contributed by atoms with Gasteiger partial charge in [-0.3, -0.25) is 0 Å². The Morgan fingerprint density at radius 1 is 0.885 bits per heavy atom. The minimum Gasteiger partial charge on any atom is -0.207 e. The molecule has 0 aliphatic heterocycles. The summed E-state index contributed by atoms with van der Waals surface area (Å²) in [4.78, 5) is 0. The third-order valence-electron chi connectivity index (χ3n) is 5.94. The number of unbranched alkanes of at least 4 members (excludes halogenated alkanes) is 1. The standard InChI is InChI=1S/C24H30F2/c1-2-3-5-18-8-10-19(11-9-18)12-13-20-14-15-23(24(26)16-20)21-6-4-7-22(25)17-21/h4,6-7,14-19H,2-3,5,8-13H2,1H3. The van der Waals surface area contributed by atoms with Crippen LogP contribution >= 0.6 is 0 Å². The fourth-order valence-corrected chi connectivity index (χ4v) is 4.28. The highest BCUT2D eigenvalue weighted by molar-refractivity contribution is 5.64. The molecule has 1 saturated carbocycles. The first kappa shape index (κ1) is 19.1. The lowest BCUT2D eigenvalue weighted by atomic mass is 9.78. The fraction of sp³-hybridized carbons (Fsp3) is 0.500. The molecule has 0 bridgehead atoms. The van der Waals surface area contributed by atoms with Crippen molar-refractivity contribution in [2.24, 2.45) is 11.8 Å². The van der Waals surface area contributed by atoms with Gasteiger partial charge in [0.05, 0.1) is 0 Å². The van der Waals surface area contributed by atoms with Crippen molar-refractivity contribution in [3.8, 4) is 11.1 Å². The molecule has 0 saturated heterocycles. The first-order chi connectivity index (χ1) is 12.7. The zero-order valence-electron chi connectivity index (χ0n) is 15.8. The van der Waals surface area contributed by atoms with Gasteiger partial charge in [0.15, 0.2) is 0 Å². The molecule has 26 heavy (non-hydrogen) atoms. The highest BCUT2D eigenvalue weighted by atomic mass is 19.1. The summed E-state index contributed by atoms with van der Waals surface area (Å²) in [6.07, 6.45) is 11.6. The fourth-order valence-electron chi connectivity index (χ4n) is 4.28. The molecule has 0 unspecified atom stereocenters. The molecule has 0 heterocycles. The molecule has 140 valence electrons. The first-order valence-electron chi connectivity index (χ1n) is 10.2. The summed E-state index contributed by atoms with van der Waals surface area (Å²) in [6.45, 7) is 2.27. The monoisotopic (exact) mass is 356 g/mol. The van der Waals surface area contributed by atoms with Crippen molar-refractivity contribution in [1.29, 1.82) is 0 Å². The van der Waals surface area contributed by atoms with E-state index in [-0.39, 0.29) is 11.6 Å². The Labute approximate surface area is 156 Å². The van der Waals surface area contributed by atoms with Crippen LogP contribution in [0.2, 0.25) is 0 Å². The van der Waals surface area contributed by atoms with Crippen LogP contribution in [0.25, 0.3) is 11.1 Å². The van der Waals surface area contributed by atoms with Crippen molar-refractivity contribution in [2.75, 3.05) is 0 Å². The average Bonchev–Trinajstić information content (AvgIpc) is 2.65. The highest BCUT2D eigenvalue weighted by Gasteiger charge is 2.20. The molecule has 2 aromatic rings. The zero-order valence-corrected chi connectivity index (χ0v) is 15.8. The van der Waals surface area contributed by atoms with E-state index in [0.29, 0.717) is 11.1 Å². The number of benzene rings is 2. The van der Waals surface area contributed by atoms with Crippen LogP contribution in [0.15, 0.2) is 42.5 Å². The van der Waals surface area contributed by atoms with Crippen LogP contribution in [0.4, 0.5) is 8.78 Å². The minimum atomic E-state index is -0.333. The molecule has 0 nitrogen and oxygen atoms in total. The van der Waals surface area contributed by atoms with Gasteiger partial charge < -0.3 is 0 Å². The van der Waals surface area contributed by atoms with E-state index in [1.807, 2.05) is 6.07 Å². The Morgan fingerprint density at radius 3 is 2.27 bits per heavy atom. The minimum absolute atomic E-state index is 0.253. The SMILES string of the molecule is CCCCC1CCC(CCc2ccc(-c3cccc(F)c3)c(F)c2)CC1. The third kappa shape index (κ3) is 5.16. The topological polar surface area (TPSA) is 0 Å². The van der Waals surface area contributed by atoms with Gasteiger partial charge in [-0.25, -0.2) is 8.78 Å². The largest absolute Gasteiger partial charge is 0.207 e. The molecule has 0 radical (unpaired) electrons. The molecule has 1 fully saturated rings. The smallest absolute Gasteiger partial charge is 0.131 e. The molecule has 2 heteroatoms. The summed E-state index contributed by atoms with van der Waals surface area (Å²) in [6, 6.07) is 11.6. The molecule has 3 rings (SSSR count). The molecule has 0 spiro atoms. The second-order valence-electron chi connectivity index (χ2n) is 7.89. The molecular formula is C24H30F2. The van der Waals surface area contributed by atoms with E-state index in [2.05, 4.69) is 6.92 Å². The van der Waals surface area contributed by atoms with E-state index in [4.69, 9.17) is 0 Å². The maximum atomic E-state index is 14.5. The number of hydrogen-bond acceptors (Lipinski definition) is 0. The maximum absolute atomic E-state index is 14.5. The molecule has 2 aromatic carbocycles. The molecule has 1 aliphatic rings. The normalized spacial score (nSPS) is 20.3. The summed E-state index contributed by atoms with van der Waals surface area (Å²) < 4.78 is 27.8. The van der Waals surface area contributed by atoms with Crippen LogP contribution in [-0.2, 0) is 6.42 Å². The van der Waals surface area contributed by atoms with Gasteiger partial charge in [0.25, 0.3) is 0 Å². The van der Waals surface area contributed by atoms with Crippen LogP contribution in [0, 0.1) is 23.5 Å². The van der Waals surface area contributed by atoms with Gasteiger partial charge in [-0.05, 0) is 54.0 Å². The van der Waals surface area contributed by atoms with Gasteiger partial charge in [-0.1, -0.05) is 76.1 Å². The Morgan fingerprint density at radius 2 is 1.62 bits per heavy atom. The van der Waals surface area contributed by atoms with Crippen LogP contribution in [0.3, 0.4) is 0 Å². The van der Waals surface area contributed by atoms with Crippen molar-refractivity contribution >= 4 is 0 Å². The predicted molar refractivity (Wildman–Crippen MR) is 105 cm³/mol. The predicted octanol–water partition coefficient (Wildman–Crippen LogP) is 7.56. The van der Waals surface area contributed by atoms with Crippen LogP contribution < -0.4 is 0 Å². The Bertz CT molecular complexity index is 699. The van der Waals surface area contributed by atoms with Crippen molar-refractivity contribution < 1.29 is 8.78 Å². The number of halogens is 2. The quantitative estimate of drug-likeness (QED) is 0.480. The lowest BCUT2D eigenvalue weighted by Gasteiger charge is -2.28. The molecular weight excluding hydrogens is 326 g/mol. The van der Waals surface area contributed by atoms with E-state index in [1.165, 1.54) is 57.1 Å². The molecule has 0 amide bonds. The van der Waals surface area contributed by atoms with Crippen molar-refractivity contribution in [1.82, 2.24) is 0 Å². The maximum Gasteiger partial charge on any atom is 0.131 e. The van der Waals surface area contributed by atoms with Gasteiger partial charge in [0.1, 0.15) is 11.6 Å². The van der Waals surface area contributed by atoms with Gasteiger partial charge in [-0.2, -0.15) is 0 Å². The summed E-state index contributed by atoms with van der Waals surface area (Å²) in [5.74, 6) is 1.14. The Hall–Kier alpha value is -1.70. The van der Waals surface area contributed by atoms with Crippen molar-refractivity contribution in [2.45, 2.75) is 64.7 Å². The van der Waals surface area contributed by atoms with Crippen molar-refractivity contribution in [3.05, 3.63) is 59.7 Å². The summed E-state index contributed by atoms with van der Waals surface area (Å²) in [5.41, 5.74) is 2.12. The Balaban J connectivity index is 1.53. The number of rotatable bonds is 7. The third-order valence-corrected chi connectivity index (χ3v) is 5.94. The lowest BCUT2D eigenvalue weighted by Crippen LogP contribution is -2.15. The van der Waals surface area contributed by atoms with Gasteiger partial charge in [0, 0.05) is 5.56 Å². The van der Waals surface area contributed by atoms with E-state index in [1.54, 1.807) is 24.3 Å². The second-order valence-corrected chi connectivity index (χ2v) is 7.89. The average molecular weight is 357 g/mol. The summed E-state index contributed by atoms with van der Waals surface area (Å²) in [5, 5.41) is 0. The number of hydrogen-bond donors (Lipinski definition) is 0. The Kier molecular flexibility index (Phi) is 6.82. The number of aryl methyl sites for hydroxylation is 1. The van der Waals surface area contributed by atoms with Crippen LogP contribution in [0.1, 0.15) is 63.9 Å².